The Labute approximate surface area is 138 Å². The Hall–Kier alpha value is -0.0800. The Bertz CT molecular complexity index is 346. The van der Waals surface area contributed by atoms with E-state index in [0.29, 0.717) is 0 Å². The maximum Gasteiger partial charge on any atom is 0.0519 e. The highest BCUT2D eigenvalue weighted by Gasteiger charge is 2.37. The smallest absolute Gasteiger partial charge is 0.0519 e. The van der Waals surface area contributed by atoms with Crippen molar-refractivity contribution in [2.24, 2.45) is 35.5 Å². The second kappa shape index (κ2) is 7.21. The maximum atomic E-state index is 5.34. The summed E-state index contributed by atoms with van der Waals surface area (Å²) >= 11 is 0. The highest BCUT2D eigenvalue weighted by molar-refractivity contribution is 4.88. The number of ether oxygens (including phenoxy) is 1. The van der Waals surface area contributed by atoms with Gasteiger partial charge in [-0.15, -0.1) is 0 Å². The zero-order chi connectivity index (χ0) is 15.7. The van der Waals surface area contributed by atoms with E-state index >= 15 is 0 Å². The summed E-state index contributed by atoms with van der Waals surface area (Å²) in [5.74, 6) is 5.75. The van der Waals surface area contributed by atoms with Crippen LogP contribution in [-0.2, 0) is 4.74 Å². The fourth-order valence-corrected chi connectivity index (χ4v) is 4.99. The molecule has 2 aliphatic heterocycles. The van der Waals surface area contributed by atoms with Crippen molar-refractivity contribution < 1.29 is 4.74 Å². The standard InChI is InChI=1S/C20H37NO/c1-14(2)21-6-5-17(11-21)7-15(3)19-9-18(10-19)8-16(4)20-12-22-13-20/h14-20H,5-13H2,1-4H3. The van der Waals surface area contributed by atoms with Crippen molar-refractivity contribution in [3.05, 3.63) is 0 Å². The molecule has 22 heavy (non-hydrogen) atoms. The van der Waals surface area contributed by atoms with Crippen LogP contribution in [0.2, 0.25) is 0 Å². The Kier molecular flexibility index (Phi) is 5.50. The van der Waals surface area contributed by atoms with E-state index in [4.69, 9.17) is 4.74 Å². The largest absolute Gasteiger partial charge is 0.381 e. The lowest BCUT2D eigenvalue weighted by Gasteiger charge is -2.43. The molecule has 128 valence electrons. The predicted molar refractivity (Wildman–Crippen MR) is 92.9 cm³/mol. The summed E-state index contributed by atoms with van der Waals surface area (Å²) in [5.41, 5.74) is 0. The molecule has 0 aromatic rings. The van der Waals surface area contributed by atoms with Crippen molar-refractivity contribution in [1.29, 1.82) is 0 Å². The van der Waals surface area contributed by atoms with Gasteiger partial charge in [-0.2, -0.15) is 0 Å². The van der Waals surface area contributed by atoms with Gasteiger partial charge in [0, 0.05) is 18.5 Å². The lowest BCUT2D eigenvalue weighted by Crippen LogP contribution is -2.37. The van der Waals surface area contributed by atoms with Gasteiger partial charge in [-0.25, -0.2) is 0 Å². The van der Waals surface area contributed by atoms with Gasteiger partial charge in [0.1, 0.15) is 0 Å². The van der Waals surface area contributed by atoms with Gasteiger partial charge < -0.3 is 9.64 Å². The minimum Gasteiger partial charge on any atom is -0.381 e. The van der Waals surface area contributed by atoms with Crippen LogP contribution in [0.3, 0.4) is 0 Å². The Balaban J connectivity index is 1.32. The maximum absolute atomic E-state index is 5.34. The topological polar surface area (TPSA) is 12.5 Å². The molecule has 0 aromatic carbocycles. The van der Waals surface area contributed by atoms with Gasteiger partial charge >= 0.3 is 0 Å². The van der Waals surface area contributed by atoms with Crippen LogP contribution in [0, 0.1) is 35.5 Å². The Morgan fingerprint density at radius 3 is 2.09 bits per heavy atom. The van der Waals surface area contributed by atoms with E-state index in [-0.39, 0.29) is 0 Å². The van der Waals surface area contributed by atoms with Gasteiger partial charge in [0.2, 0.25) is 0 Å². The van der Waals surface area contributed by atoms with E-state index in [1.54, 1.807) is 0 Å². The number of hydrogen-bond donors (Lipinski definition) is 0. The fourth-order valence-electron chi connectivity index (χ4n) is 4.99. The van der Waals surface area contributed by atoms with Crippen molar-refractivity contribution in [3.8, 4) is 0 Å². The first-order chi connectivity index (χ1) is 10.5. The Morgan fingerprint density at radius 1 is 0.909 bits per heavy atom. The molecule has 0 aromatic heterocycles. The molecule has 3 atom stereocenters. The summed E-state index contributed by atoms with van der Waals surface area (Å²) in [4.78, 5) is 2.67. The van der Waals surface area contributed by atoms with Gasteiger partial charge in [0.15, 0.2) is 0 Å². The lowest BCUT2D eigenvalue weighted by molar-refractivity contribution is -0.0659. The van der Waals surface area contributed by atoms with E-state index in [1.165, 1.54) is 45.2 Å². The molecule has 3 rings (SSSR count). The minimum absolute atomic E-state index is 0.741. The summed E-state index contributed by atoms with van der Waals surface area (Å²) in [5, 5.41) is 0. The summed E-state index contributed by atoms with van der Waals surface area (Å²) in [6.07, 6.45) is 7.41. The zero-order valence-electron chi connectivity index (χ0n) is 15.3. The van der Waals surface area contributed by atoms with E-state index in [2.05, 4.69) is 32.6 Å². The minimum atomic E-state index is 0.741. The first-order valence-corrected chi connectivity index (χ1v) is 9.84. The van der Waals surface area contributed by atoms with Crippen LogP contribution in [0.25, 0.3) is 0 Å². The van der Waals surface area contributed by atoms with E-state index < -0.39 is 0 Å². The van der Waals surface area contributed by atoms with Crippen LogP contribution in [0.4, 0.5) is 0 Å². The van der Waals surface area contributed by atoms with Crippen LogP contribution < -0.4 is 0 Å². The molecule has 3 unspecified atom stereocenters. The first-order valence-electron chi connectivity index (χ1n) is 9.84. The lowest BCUT2D eigenvalue weighted by atomic mass is 9.64. The van der Waals surface area contributed by atoms with Crippen molar-refractivity contribution in [3.63, 3.8) is 0 Å². The SMILES string of the molecule is CC(CC1CC(C(C)CC2CCN(C(C)C)C2)C1)C1COC1. The average Bonchev–Trinajstić information content (AvgIpc) is 2.79. The number of nitrogens with zero attached hydrogens (tertiary/aromatic N) is 1. The molecule has 3 aliphatic rings. The molecule has 0 spiro atoms. The molecule has 0 amide bonds. The van der Waals surface area contributed by atoms with Crippen LogP contribution in [0.15, 0.2) is 0 Å². The summed E-state index contributed by atoms with van der Waals surface area (Å²) in [7, 11) is 0. The molecule has 2 saturated heterocycles. The van der Waals surface area contributed by atoms with Gasteiger partial charge in [0.25, 0.3) is 0 Å². The van der Waals surface area contributed by atoms with Gasteiger partial charge in [0.05, 0.1) is 13.2 Å². The predicted octanol–water partition coefficient (Wildman–Crippen LogP) is 4.44. The quantitative estimate of drug-likeness (QED) is 0.689. The van der Waals surface area contributed by atoms with Crippen LogP contribution in [0.5, 0.6) is 0 Å². The molecule has 2 nitrogen and oxygen atoms in total. The normalized spacial score (nSPS) is 36.1. The summed E-state index contributed by atoms with van der Waals surface area (Å²) < 4.78 is 5.34. The Morgan fingerprint density at radius 2 is 1.55 bits per heavy atom. The van der Waals surface area contributed by atoms with Gasteiger partial charge in [-0.3, -0.25) is 0 Å². The van der Waals surface area contributed by atoms with Crippen LogP contribution >= 0.6 is 0 Å². The summed E-state index contributed by atoms with van der Waals surface area (Å²) in [6, 6.07) is 0.741. The monoisotopic (exact) mass is 307 g/mol. The molecule has 2 heterocycles. The molecule has 1 aliphatic carbocycles. The third-order valence-electron chi connectivity index (χ3n) is 7.00. The van der Waals surface area contributed by atoms with Gasteiger partial charge in [-0.1, -0.05) is 13.8 Å². The molecule has 1 saturated carbocycles. The second-order valence-electron chi connectivity index (χ2n) is 9.06. The molecule has 3 fully saturated rings. The molecule has 0 bridgehead atoms. The van der Waals surface area contributed by atoms with Crippen molar-refractivity contribution in [1.82, 2.24) is 4.90 Å². The van der Waals surface area contributed by atoms with Crippen molar-refractivity contribution >= 4 is 0 Å². The van der Waals surface area contributed by atoms with Crippen LogP contribution in [0.1, 0.15) is 59.8 Å². The molecule has 0 radical (unpaired) electrons. The molecular formula is C20H37NO. The molecule has 2 heteroatoms. The second-order valence-corrected chi connectivity index (χ2v) is 9.06. The molecular weight excluding hydrogens is 270 g/mol. The number of likely N-dealkylation sites (tertiary alicyclic amines) is 1. The third kappa shape index (κ3) is 3.87. The van der Waals surface area contributed by atoms with E-state index in [0.717, 1.165) is 54.8 Å². The zero-order valence-corrected chi connectivity index (χ0v) is 15.3. The third-order valence-corrected chi connectivity index (χ3v) is 7.00. The number of rotatable bonds is 7. The van der Waals surface area contributed by atoms with Crippen molar-refractivity contribution in [2.45, 2.75) is 65.8 Å². The fraction of sp³-hybridized carbons (Fsp3) is 1.00. The highest BCUT2D eigenvalue weighted by atomic mass is 16.5. The van der Waals surface area contributed by atoms with E-state index in [1.807, 2.05) is 0 Å². The van der Waals surface area contributed by atoms with Crippen LogP contribution in [-0.4, -0.2) is 37.2 Å². The first kappa shape index (κ1) is 16.8. The highest BCUT2D eigenvalue weighted by Crippen LogP contribution is 2.45. The number of hydrogen-bond acceptors (Lipinski definition) is 2. The van der Waals surface area contributed by atoms with Gasteiger partial charge in [-0.05, 0) is 82.1 Å². The average molecular weight is 308 g/mol. The summed E-state index contributed by atoms with van der Waals surface area (Å²) in [6.45, 7) is 14.4. The molecule has 0 N–H and O–H groups in total. The van der Waals surface area contributed by atoms with Crippen molar-refractivity contribution in [2.75, 3.05) is 26.3 Å². The van der Waals surface area contributed by atoms with E-state index in [9.17, 15) is 0 Å².